The van der Waals surface area contributed by atoms with Crippen LogP contribution in [0, 0.1) is 0 Å². The van der Waals surface area contributed by atoms with Gasteiger partial charge in [0, 0.05) is 51.0 Å². The molecule has 0 saturated carbocycles. The van der Waals surface area contributed by atoms with Crippen molar-refractivity contribution in [1.29, 1.82) is 0 Å². The van der Waals surface area contributed by atoms with Crippen molar-refractivity contribution < 1.29 is 40.6 Å². The molecule has 2 aliphatic rings. The van der Waals surface area contributed by atoms with E-state index in [4.69, 9.17) is 14.2 Å². The molecule has 0 bridgehead atoms. The fraction of sp³-hybridized carbons (Fsp3) is 0.452. The van der Waals surface area contributed by atoms with Gasteiger partial charge in [0.2, 0.25) is 10.0 Å². The lowest BCUT2D eigenvalue weighted by Crippen LogP contribution is -2.48. The SMILES string of the molecule is CCCOc1cc(C(c2ccc(C(=O)OC)cc2)N2CCN(c3cccc(C(F)(F)F)c3)CC2)c2ccccc2c1CN(C)S(=O)(=O)C1CC(C)OC(C)C1. The van der Waals surface area contributed by atoms with Crippen LogP contribution in [0.2, 0.25) is 0 Å². The lowest BCUT2D eigenvalue weighted by Gasteiger charge is -2.41. The number of benzene rings is 4. The van der Waals surface area contributed by atoms with Gasteiger partial charge in [0.1, 0.15) is 5.75 Å². The number of carbonyl (C=O) groups excluding carboxylic acids is 1. The summed E-state index contributed by atoms with van der Waals surface area (Å²) in [7, 11) is -0.724. The molecule has 296 valence electrons. The molecule has 2 saturated heterocycles. The number of hydrogen-bond donors (Lipinski definition) is 0. The summed E-state index contributed by atoms with van der Waals surface area (Å²) in [5.41, 5.74) is 2.84. The van der Waals surface area contributed by atoms with Gasteiger partial charge in [0.15, 0.2) is 0 Å². The molecule has 0 N–H and O–H groups in total. The highest BCUT2D eigenvalue weighted by atomic mass is 32.2. The van der Waals surface area contributed by atoms with E-state index < -0.39 is 33.0 Å². The van der Waals surface area contributed by atoms with Crippen LogP contribution in [0.5, 0.6) is 5.75 Å². The highest BCUT2D eigenvalue weighted by Crippen LogP contribution is 2.41. The molecule has 6 rings (SSSR count). The van der Waals surface area contributed by atoms with E-state index in [1.807, 2.05) is 68.1 Å². The fourth-order valence-corrected chi connectivity index (χ4v) is 9.79. The Morgan fingerprint density at radius 1 is 0.927 bits per heavy atom. The number of nitrogens with zero attached hydrogens (tertiary/aromatic N) is 3. The first-order chi connectivity index (χ1) is 26.2. The number of alkyl halides is 3. The molecule has 4 aromatic rings. The molecule has 0 radical (unpaired) electrons. The Bertz CT molecular complexity index is 2060. The second-order valence-corrected chi connectivity index (χ2v) is 16.9. The Labute approximate surface area is 322 Å². The Morgan fingerprint density at radius 3 is 2.20 bits per heavy atom. The summed E-state index contributed by atoms with van der Waals surface area (Å²) in [4.78, 5) is 16.7. The largest absolute Gasteiger partial charge is 0.493 e. The highest BCUT2D eigenvalue weighted by molar-refractivity contribution is 7.89. The third kappa shape index (κ3) is 8.95. The van der Waals surface area contributed by atoms with Gasteiger partial charge in [-0.05, 0) is 91.4 Å². The fourth-order valence-electron chi connectivity index (χ4n) is 7.95. The molecular weight excluding hydrogens is 732 g/mol. The number of methoxy groups -OCH3 is 1. The molecule has 55 heavy (non-hydrogen) atoms. The van der Waals surface area contributed by atoms with Gasteiger partial charge in [-0.2, -0.15) is 13.2 Å². The summed E-state index contributed by atoms with van der Waals surface area (Å²) in [6.45, 7) is 8.39. The van der Waals surface area contributed by atoms with Crippen molar-refractivity contribution in [2.45, 2.75) is 76.3 Å². The molecule has 2 fully saturated rings. The standard InChI is InChI=1S/C42H50F3N3O6S/c1-6-22-53-39-26-37(35-12-7-8-13-36(35)38(39)27-46(4)55(50,51)34-23-28(2)54-29(3)24-34)40(30-14-16-31(17-15-30)41(49)52-5)48-20-18-47(19-21-48)33-11-9-10-32(25-33)42(43,44)45/h7-17,25-26,28-29,34,40H,6,18-24,27H2,1-5H3. The number of ether oxygens (including phenoxy) is 3. The average Bonchev–Trinajstić information content (AvgIpc) is 3.17. The lowest BCUT2D eigenvalue weighted by atomic mass is 9.89. The van der Waals surface area contributed by atoms with Crippen LogP contribution in [0.3, 0.4) is 0 Å². The molecule has 3 unspecified atom stereocenters. The molecule has 0 aromatic heterocycles. The molecule has 0 aliphatic carbocycles. The van der Waals surface area contributed by atoms with Crippen LogP contribution in [-0.2, 0) is 32.2 Å². The van der Waals surface area contributed by atoms with E-state index in [1.54, 1.807) is 25.2 Å². The minimum absolute atomic E-state index is 0.108. The number of halogens is 3. The van der Waals surface area contributed by atoms with Crippen molar-refractivity contribution in [3.05, 3.63) is 107 Å². The van der Waals surface area contributed by atoms with E-state index in [1.165, 1.54) is 23.5 Å². The average molecular weight is 782 g/mol. The van der Waals surface area contributed by atoms with Gasteiger partial charge in [-0.1, -0.05) is 49.4 Å². The Balaban J connectivity index is 1.41. The maximum absolute atomic E-state index is 14.0. The van der Waals surface area contributed by atoms with E-state index >= 15 is 0 Å². The second kappa shape index (κ2) is 16.9. The summed E-state index contributed by atoms with van der Waals surface area (Å²) >= 11 is 0. The van der Waals surface area contributed by atoms with E-state index in [0.29, 0.717) is 62.6 Å². The number of esters is 1. The number of sulfonamides is 1. The smallest absolute Gasteiger partial charge is 0.416 e. The Kier molecular flexibility index (Phi) is 12.4. The van der Waals surface area contributed by atoms with Crippen LogP contribution in [0.4, 0.5) is 18.9 Å². The Hall–Kier alpha value is -4.17. The van der Waals surface area contributed by atoms with Gasteiger partial charge < -0.3 is 19.1 Å². The van der Waals surface area contributed by atoms with Crippen molar-refractivity contribution in [1.82, 2.24) is 9.21 Å². The maximum atomic E-state index is 14.0. The summed E-state index contributed by atoms with van der Waals surface area (Å²) in [6.07, 6.45) is -3.17. The molecule has 2 aliphatic heterocycles. The molecule has 0 spiro atoms. The van der Waals surface area contributed by atoms with Crippen molar-refractivity contribution in [2.24, 2.45) is 0 Å². The quantitative estimate of drug-likeness (QED) is 0.134. The van der Waals surface area contributed by atoms with Gasteiger partial charge in [-0.3, -0.25) is 4.90 Å². The molecule has 2 heterocycles. The molecule has 9 nitrogen and oxygen atoms in total. The summed E-state index contributed by atoms with van der Waals surface area (Å²) in [6, 6.07) is 22.3. The number of rotatable bonds is 12. The van der Waals surface area contributed by atoms with Crippen LogP contribution >= 0.6 is 0 Å². The normalized spacial score (nSPS) is 20.5. The number of anilines is 1. The number of carbonyl (C=O) groups is 1. The van der Waals surface area contributed by atoms with Crippen LogP contribution in [0.15, 0.2) is 78.9 Å². The zero-order valence-corrected chi connectivity index (χ0v) is 32.8. The molecule has 13 heteroatoms. The number of fused-ring (bicyclic) bond motifs is 1. The first kappa shape index (κ1) is 40.5. The van der Waals surface area contributed by atoms with Crippen molar-refractivity contribution in [2.75, 3.05) is 51.8 Å². The van der Waals surface area contributed by atoms with Crippen LogP contribution < -0.4 is 9.64 Å². The summed E-state index contributed by atoms with van der Waals surface area (Å²) < 4.78 is 87.5. The van der Waals surface area contributed by atoms with Crippen LogP contribution in [-0.4, -0.2) is 88.0 Å². The molecule has 3 atom stereocenters. The van der Waals surface area contributed by atoms with Crippen molar-refractivity contribution in [3.63, 3.8) is 0 Å². The maximum Gasteiger partial charge on any atom is 0.416 e. The predicted octanol–water partition coefficient (Wildman–Crippen LogP) is 8.06. The molecule has 4 aromatic carbocycles. The third-order valence-corrected chi connectivity index (χ3v) is 12.9. The molecule has 0 amide bonds. The minimum Gasteiger partial charge on any atom is -0.493 e. The van der Waals surface area contributed by atoms with Gasteiger partial charge in [-0.25, -0.2) is 17.5 Å². The van der Waals surface area contributed by atoms with Gasteiger partial charge in [0.05, 0.1) is 48.3 Å². The zero-order chi connectivity index (χ0) is 39.5. The predicted molar refractivity (Wildman–Crippen MR) is 208 cm³/mol. The number of piperazine rings is 1. The van der Waals surface area contributed by atoms with Crippen molar-refractivity contribution >= 4 is 32.5 Å². The lowest BCUT2D eigenvalue weighted by molar-refractivity contribution is -0.137. The summed E-state index contributed by atoms with van der Waals surface area (Å²) in [5, 5.41) is 1.22. The van der Waals surface area contributed by atoms with Gasteiger partial charge >= 0.3 is 12.1 Å². The zero-order valence-electron chi connectivity index (χ0n) is 32.0. The van der Waals surface area contributed by atoms with Gasteiger partial charge in [0.25, 0.3) is 0 Å². The highest BCUT2D eigenvalue weighted by Gasteiger charge is 2.38. The van der Waals surface area contributed by atoms with Crippen LogP contribution in [0.1, 0.15) is 78.7 Å². The monoisotopic (exact) mass is 781 g/mol. The van der Waals surface area contributed by atoms with E-state index in [2.05, 4.69) is 4.90 Å². The number of hydrogen-bond acceptors (Lipinski definition) is 8. The minimum atomic E-state index is -4.44. The first-order valence-corrected chi connectivity index (χ1v) is 20.3. The summed E-state index contributed by atoms with van der Waals surface area (Å²) in [5.74, 6) is 0.136. The van der Waals surface area contributed by atoms with E-state index in [0.717, 1.165) is 39.9 Å². The Morgan fingerprint density at radius 2 is 1.58 bits per heavy atom. The van der Waals surface area contributed by atoms with E-state index in [-0.39, 0.29) is 24.8 Å². The second-order valence-electron chi connectivity index (χ2n) is 14.6. The van der Waals surface area contributed by atoms with E-state index in [9.17, 15) is 26.4 Å². The topological polar surface area (TPSA) is 88.6 Å². The van der Waals surface area contributed by atoms with Gasteiger partial charge in [-0.15, -0.1) is 0 Å². The molecular formula is C42H50F3N3O6S. The first-order valence-electron chi connectivity index (χ1n) is 18.8. The van der Waals surface area contributed by atoms with Crippen molar-refractivity contribution in [3.8, 4) is 5.75 Å². The third-order valence-electron chi connectivity index (χ3n) is 10.7. The van der Waals surface area contributed by atoms with Crippen LogP contribution in [0.25, 0.3) is 10.8 Å².